The Bertz CT molecular complexity index is 722. The maximum absolute atomic E-state index is 12.3. The highest BCUT2D eigenvalue weighted by Crippen LogP contribution is 2.34. The van der Waals surface area contributed by atoms with Crippen LogP contribution in [0.15, 0.2) is 18.2 Å². The van der Waals surface area contributed by atoms with Crippen LogP contribution in [0.4, 0.5) is 4.79 Å². The highest BCUT2D eigenvalue weighted by molar-refractivity contribution is 7.18. The van der Waals surface area contributed by atoms with Gasteiger partial charge in [0.2, 0.25) is 0 Å². The molecule has 1 fully saturated rings. The molecule has 3 rings (SSSR count). The predicted octanol–water partition coefficient (Wildman–Crippen LogP) is 4.88. The monoisotopic (exact) mass is 365 g/mol. The van der Waals surface area contributed by atoms with Crippen LogP contribution in [0.3, 0.4) is 0 Å². The smallest absolute Gasteiger partial charge is 0.317 e. The Morgan fingerprint density at radius 3 is 2.71 bits per heavy atom. The van der Waals surface area contributed by atoms with Gasteiger partial charge in [-0.05, 0) is 43.9 Å². The number of hydrogen-bond donors (Lipinski definition) is 1. The molecule has 0 radical (unpaired) electrons. The van der Waals surface area contributed by atoms with Gasteiger partial charge in [0.25, 0.3) is 0 Å². The van der Waals surface area contributed by atoms with Crippen molar-refractivity contribution in [2.24, 2.45) is 5.92 Å². The molecule has 1 N–H and O–H groups in total. The van der Waals surface area contributed by atoms with Crippen LogP contribution in [0.1, 0.15) is 44.5 Å². The number of amides is 2. The molecule has 0 saturated carbocycles. The molecule has 1 unspecified atom stereocenters. The number of piperidine rings is 1. The van der Waals surface area contributed by atoms with Crippen LogP contribution in [0.25, 0.3) is 10.2 Å². The second-order valence-corrected chi connectivity index (χ2v) is 8.41. The van der Waals surface area contributed by atoms with E-state index in [0.717, 1.165) is 36.5 Å². The number of likely N-dealkylation sites (tertiary alicyclic amines) is 1. The molecular formula is C18H24ClN3OS. The fraction of sp³-hybridized carbons (Fsp3) is 0.556. The second-order valence-electron chi connectivity index (χ2n) is 6.91. The van der Waals surface area contributed by atoms with Crippen molar-refractivity contribution in [3.8, 4) is 0 Å². The molecule has 1 aromatic carbocycles. The van der Waals surface area contributed by atoms with Crippen molar-refractivity contribution in [1.82, 2.24) is 15.2 Å². The van der Waals surface area contributed by atoms with E-state index in [1.807, 2.05) is 23.1 Å². The number of nitrogens with zero attached hydrogens (tertiary/aromatic N) is 2. The normalized spacial score (nSPS) is 17.5. The van der Waals surface area contributed by atoms with E-state index in [1.54, 1.807) is 11.3 Å². The third kappa shape index (κ3) is 3.83. The summed E-state index contributed by atoms with van der Waals surface area (Å²) in [6, 6.07) is 6.13. The molecule has 1 aliphatic rings. The quantitative estimate of drug-likeness (QED) is 0.842. The lowest BCUT2D eigenvalue weighted by atomic mass is 9.98. The van der Waals surface area contributed by atoms with Crippen molar-refractivity contribution in [2.75, 3.05) is 13.1 Å². The molecule has 2 heterocycles. The largest absolute Gasteiger partial charge is 0.335 e. The van der Waals surface area contributed by atoms with Crippen molar-refractivity contribution in [3.63, 3.8) is 0 Å². The first-order valence-electron chi connectivity index (χ1n) is 8.55. The Labute approximate surface area is 152 Å². The van der Waals surface area contributed by atoms with Gasteiger partial charge in [-0.3, -0.25) is 0 Å². The standard InChI is InChI=1S/C18H24ClN3OS/c1-11(2)12(3)20-18(23)22-8-6-13(7-9-22)17-21-15-10-14(19)4-5-16(15)24-17/h4-5,10-13H,6-9H2,1-3H3,(H,20,23). The number of carbonyl (C=O) groups is 1. The molecule has 4 nitrogen and oxygen atoms in total. The van der Waals surface area contributed by atoms with Gasteiger partial charge < -0.3 is 10.2 Å². The van der Waals surface area contributed by atoms with Gasteiger partial charge in [0, 0.05) is 30.1 Å². The fourth-order valence-electron chi connectivity index (χ4n) is 2.88. The number of aromatic nitrogens is 1. The van der Waals surface area contributed by atoms with Crippen molar-refractivity contribution < 1.29 is 4.79 Å². The van der Waals surface area contributed by atoms with Crippen LogP contribution in [0.5, 0.6) is 0 Å². The molecule has 130 valence electrons. The molecule has 2 amide bonds. The summed E-state index contributed by atoms with van der Waals surface area (Å²) in [6.07, 6.45) is 1.94. The van der Waals surface area contributed by atoms with Crippen LogP contribution >= 0.6 is 22.9 Å². The second kappa shape index (κ2) is 7.28. The summed E-state index contributed by atoms with van der Waals surface area (Å²) >= 11 is 7.79. The number of benzene rings is 1. The molecule has 6 heteroatoms. The molecule has 0 spiro atoms. The minimum absolute atomic E-state index is 0.0609. The fourth-order valence-corrected chi connectivity index (χ4v) is 4.16. The highest BCUT2D eigenvalue weighted by atomic mass is 35.5. The maximum atomic E-state index is 12.3. The van der Waals surface area contributed by atoms with E-state index in [4.69, 9.17) is 16.6 Å². The van der Waals surface area contributed by atoms with E-state index < -0.39 is 0 Å². The average molecular weight is 366 g/mol. The van der Waals surface area contributed by atoms with Crippen molar-refractivity contribution >= 4 is 39.2 Å². The van der Waals surface area contributed by atoms with Gasteiger partial charge in [-0.25, -0.2) is 9.78 Å². The van der Waals surface area contributed by atoms with Crippen molar-refractivity contribution in [2.45, 2.75) is 45.6 Å². The zero-order chi connectivity index (χ0) is 17.3. The van der Waals surface area contributed by atoms with Crippen LogP contribution in [-0.2, 0) is 0 Å². The lowest BCUT2D eigenvalue weighted by Gasteiger charge is -2.32. The summed E-state index contributed by atoms with van der Waals surface area (Å²) < 4.78 is 1.18. The zero-order valence-electron chi connectivity index (χ0n) is 14.4. The van der Waals surface area contributed by atoms with Crippen LogP contribution in [0.2, 0.25) is 5.02 Å². The number of fused-ring (bicyclic) bond motifs is 1. The predicted molar refractivity (Wildman–Crippen MR) is 101 cm³/mol. The minimum atomic E-state index is 0.0609. The van der Waals surface area contributed by atoms with Crippen molar-refractivity contribution in [1.29, 1.82) is 0 Å². The third-order valence-electron chi connectivity index (χ3n) is 4.85. The molecular weight excluding hydrogens is 342 g/mol. The number of nitrogens with one attached hydrogen (secondary N) is 1. The Morgan fingerprint density at radius 1 is 1.33 bits per heavy atom. The summed E-state index contributed by atoms with van der Waals surface area (Å²) in [7, 11) is 0. The first-order chi connectivity index (χ1) is 11.4. The molecule has 1 atom stereocenters. The van der Waals surface area contributed by atoms with Gasteiger partial charge in [0.15, 0.2) is 0 Å². The van der Waals surface area contributed by atoms with E-state index in [9.17, 15) is 4.79 Å². The summed E-state index contributed by atoms with van der Waals surface area (Å²) in [5.74, 6) is 0.883. The summed E-state index contributed by atoms with van der Waals surface area (Å²) in [6.45, 7) is 7.88. The number of halogens is 1. The molecule has 24 heavy (non-hydrogen) atoms. The average Bonchev–Trinajstić information content (AvgIpc) is 2.97. The lowest BCUT2D eigenvalue weighted by Crippen LogP contribution is -2.48. The summed E-state index contributed by atoms with van der Waals surface area (Å²) in [5, 5.41) is 4.99. The Hall–Kier alpha value is -1.33. The van der Waals surface area contributed by atoms with E-state index in [2.05, 4.69) is 26.1 Å². The van der Waals surface area contributed by atoms with E-state index in [0.29, 0.717) is 11.8 Å². The topological polar surface area (TPSA) is 45.2 Å². The Balaban J connectivity index is 1.60. The number of carbonyl (C=O) groups excluding carboxylic acids is 1. The number of thiazole rings is 1. The number of hydrogen-bond acceptors (Lipinski definition) is 3. The summed E-state index contributed by atoms with van der Waals surface area (Å²) in [5.41, 5.74) is 0.980. The first kappa shape index (κ1) is 17.5. The Morgan fingerprint density at radius 2 is 2.04 bits per heavy atom. The SMILES string of the molecule is CC(C)C(C)NC(=O)N1CCC(c2nc3cc(Cl)ccc3s2)CC1. The highest BCUT2D eigenvalue weighted by Gasteiger charge is 2.26. The van der Waals surface area contributed by atoms with E-state index >= 15 is 0 Å². The van der Waals surface area contributed by atoms with Gasteiger partial charge in [-0.2, -0.15) is 0 Å². The van der Waals surface area contributed by atoms with E-state index in [-0.39, 0.29) is 12.1 Å². The lowest BCUT2D eigenvalue weighted by molar-refractivity contribution is 0.175. The van der Waals surface area contributed by atoms with Crippen molar-refractivity contribution in [3.05, 3.63) is 28.2 Å². The maximum Gasteiger partial charge on any atom is 0.317 e. The van der Waals surface area contributed by atoms with Crippen LogP contribution in [-0.4, -0.2) is 35.0 Å². The minimum Gasteiger partial charge on any atom is -0.335 e. The molecule has 0 aliphatic carbocycles. The van der Waals surface area contributed by atoms with Crippen LogP contribution < -0.4 is 5.32 Å². The molecule has 1 aliphatic heterocycles. The first-order valence-corrected chi connectivity index (χ1v) is 9.75. The van der Waals surface area contributed by atoms with Gasteiger partial charge in [-0.15, -0.1) is 11.3 Å². The Kier molecular flexibility index (Phi) is 5.30. The number of rotatable bonds is 3. The summed E-state index contributed by atoms with van der Waals surface area (Å²) in [4.78, 5) is 19.0. The molecule has 2 aromatic rings. The zero-order valence-corrected chi connectivity index (χ0v) is 16.0. The van der Waals surface area contributed by atoms with Crippen LogP contribution in [0, 0.1) is 5.92 Å². The van der Waals surface area contributed by atoms with Gasteiger partial charge >= 0.3 is 6.03 Å². The molecule has 1 aromatic heterocycles. The van der Waals surface area contributed by atoms with E-state index in [1.165, 1.54) is 9.71 Å². The van der Waals surface area contributed by atoms with Gasteiger partial charge in [-0.1, -0.05) is 25.4 Å². The number of urea groups is 1. The van der Waals surface area contributed by atoms with Gasteiger partial charge in [0.05, 0.1) is 15.2 Å². The van der Waals surface area contributed by atoms with Gasteiger partial charge in [0.1, 0.15) is 0 Å². The third-order valence-corrected chi connectivity index (χ3v) is 6.28. The molecule has 0 bridgehead atoms. The molecule has 1 saturated heterocycles.